The SMILES string of the molecule is CCS(=O)(=O)NCCCN(C)C1CCCCC1. The molecule has 0 aliphatic heterocycles. The molecular weight excluding hydrogens is 236 g/mol. The average molecular weight is 262 g/mol. The third-order valence-corrected chi connectivity index (χ3v) is 4.99. The van der Waals surface area contributed by atoms with Gasteiger partial charge < -0.3 is 4.90 Å². The molecule has 0 spiro atoms. The van der Waals surface area contributed by atoms with E-state index in [0.29, 0.717) is 12.6 Å². The molecule has 0 radical (unpaired) electrons. The third-order valence-electron chi connectivity index (χ3n) is 3.59. The van der Waals surface area contributed by atoms with Crippen LogP contribution in [0.2, 0.25) is 0 Å². The normalized spacial score (nSPS) is 18.8. The van der Waals surface area contributed by atoms with Crippen molar-refractivity contribution in [2.24, 2.45) is 0 Å². The van der Waals surface area contributed by atoms with E-state index < -0.39 is 10.0 Å². The van der Waals surface area contributed by atoms with E-state index in [1.54, 1.807) is 6.92 Å². The Morgan fingerprint density at radius 2 is 1.88 bits per heavy atom. The van der Waals surface area contributed by atoms with Gasteiger partial charge in [0.2, 0.25) is 10.0 Å². The highest BCUT2D eigenvalue weighted by molar-refractivity contribution is 7.89. The number of hydrogen-bond acceptors (Lipinski definition) is 3. The second-order valence-corrected chi connectivity index (χ2v) is 7.02. The van der Waals surface area contributed by atoms with Crippen LogP contribution in [0.1, 0.15) is 45.4 Å². The fourth-order valence-electron chi connectivity index (χ4n) is 2.36. The minimum Gasteiger partial charge on any atom is -0.303 e. The molecule has 0 amide bonds. The van der Waals surface area contributed by atoms with Crippen LogP contribution >= 0.6 is 0 Å². The summed E-state index contributed by atoms with van der Waals surface area (Å²) in [4.78, 5) is 2.39. The summed E-state index contributed by atoms with van der Waals surface area (Å²) in [6.07, 6.45) is 7.57. The molecule has 1 N–H and O–H groups in total. The van der Waals surface area contributed by atoms with Gasteiger partial charge in [0.15, 0.2) is 0 Å². The van der Waals surface area contributed by atoms with Gasteiger partial charge >= 0.3 is 0 Å². The molecule has 0 aromatic rings. The van der Waals surface area contributed by atoms with Gasteiger partial charge in [0.25, 0.3) is 0 Å². The Balaban J connectivity index is 2.13. The van der Waals surface area contributed by atoms with Crippen LogP contribution in [0.5, 0.6) is 0 Å². The first-order valence-corrected chi connectivity index (χ1v) is 8.38. The fraction of sp³-hybridized carbons (Fsp3) is 1.00. The molecule has 0 bridgehead atoms. The van der Waals surface area contributed by atoms with Gasteiger partial charge in [0.05, 0.1) is 5.75 Å². The van der Waals surface area contributed by atoms with Gasteiger partial charge in [0, 0.05) is 12.6 Å². The molecular formula is C12H26N2O2S. The zero-order valence-electron chi connectivity index (χ0n) is 11.1. The summed E-state index contributed by atoms with van der Waals surface area (Å²) in [5.74, 6) is 0.172. The largest absolute Gasteiger partial charge is 0.303 e. The van der Waals surface area contributed by atoms with E-state index in [2.05, 4.69) is 16.7 Å². The lowest BCUT2D eigenvalue weighted by Gasteiger charge is -2.31. The zero-order chi connectivity index (χ0) is 12.7. The second-order valence-electron chi connectivity index (χ2n) is 4.92. The maximum atomic E-state index is 11.2. The summed E-state index contributed by atoms with van der Waals surface area (Å²) in [5.41, 5.74) is 0. The first-order valence-electron chi connectivity index (χ1n) is 6.72. The first kappa shape index (κ1) is 14.9. The number of hydrogen-bond donors (Lipinski definition) is 1. The quantitative estimate of drug-likeness (QED) is 0.709. The van der Waals surface area contributed by atoms with Gasteiger partial charge in [-0.15, -0.1) is 0 Å². The van der Waals surface area contributed by atoms with Crippen LogP contribution in [0, 0.1) is 0 Å². The summed E-state index contributed by atoms with van der Waals surface area (Å²) in [6, 6.07) is 0.714. The van der Waals surface area contributed by atoms with Crippen molar-refractivity contribution in [1.29, 1.82) is 0 Å². The second kappa shape index (κ2) is 7.34. The maximum absolute atomic E-state index is 11.2. The summed E-state index contributed by atoms with van der Waals surface area (Å²) in [6.45, 7) is 3.21. The Hall–Kier alpha value is -0.130. The molecule has 0 heterocycles. The predicted octanol–water partition coefficient (Wildman–Crippen LogP) is 1.58. The molecule has 0 aromatic carbocycles. The van der Waals surface area contributed by atoms with E-state index >= 15 is 0 Å². The summed E-state index contributed by atoms with van der Waals surface area (Å²) in [7, 11) is -0.854. The molecule has 0 saturated heterocycles. The predicted molar refractivity (Wildman–Crippen MR) is 71.6 cm³/mol. The smallest absolute Gasteiger partial charge is 0.211 e. The maximum Gasteiger partial charge on any atom is 0.211 e. The van der Waals surface area contributed by atoms with Crippen molar-refractivity contribution in [1.82, 2.24) is 9.62 Å². The molecule has 1 saturated carbocycles. The standard InChI is InChI=1S/C12H26N2O2S/c1-3-17(15,16)13-10-7-11-14(2)12-8-5-4-6-9-12/h12-13H,3-11H2,1-2H3. The number of nitrogens with zero attached hydrogens (tertiary/aromatic N) is 1. The lowest BCUT2D eigenvalue weighted by atomic mass is 9.94. The van der Waals surface area contributed by atoms with E-state index in [1.807, 2.05) is 0 Å². The summed E-state index contributed by atoms with van der Waals surface area (Å²) >= 11 is 0. The lowest BCUT2D eigenvalue weighted by Crippen LogP contribution is -2.36. The molecule has 0 aromatic heterocycles. The van der Waals surface area contributed by atoms with Gasteiger partial charge in [-0.2, -0.15) is 0 Å². The van der Waals surface area contributed by atoms with Crippen molar-refractivity contribution in [2.75, 3.05) is 25.9 Å². The number of sulfonamides is 1. The number of rotatable bonds is 7. The van der Waals surface area contributed by atoms with Crippen molar-refractivity contribution >= 4 is 10.0 Å². The Kier molecular flexibility index (Phi) is 6.44. The first-order chi connectivity index (χ1) is 8.05. The highest BCUT2D eigenvalue weighted by Crippen LogP contribution is 2.21. The lowest BCUT2D eigenvalue weighted by molar-refractivity contribution is 0.190. The summed E-state index contributed by atoms with van der Waals surface area (Å²) in [5, 5.41) is 0. The van der Waals surface area contributed by atoms with E-state index in [4.69, 9.17) is 0 Å². The van der Waals surface area contributed by atoms with Crippen molar-refractivity contribution in [3.8, 4) is 0 Å². The Morgan fingerprint density at radius 1 is 1.24 bits per heavy atom. The van der Waals surface area contributed by atoms with Crippen LogP contribution in [-0.2, 0) is 10.0 Å². The topological polar surface area (TPSA) is 49.4 Å². The Labute approximate surface area is 106 Å². The molecule has 5 heteroatoms. The van der Waals surface area contributed by atoms with E-state index in [0.717, 1.165) is 13.0 Å². The monoisotopic (exact) mass is 262 g/mol. The molecule has 102 valence electrons. The third kappa shape index (κ3) is 5.84. The van der Waals surface area contributed by atoms with E-state index in [-0.39, 0.29) is 5.75 Å². The van der Waals surface area contributed by atoms with Crippen molar-refractivity contribution in [3.05, 3.63) is 0 Å². The molecule has 1 fully saturated rings. The zero-order valence-corrected chi connectivity index (χ0v) is 11.9. The van der Waals surface area contributed by atoms with Crippen LogP contribution in [0.25, 0.3) is 0 Å². The molecule has 1 aliphatic rings. The highest BCUT2D eigenvalue weighted by Gasteiger charge is 2.17. The highest BCUT2D eigenvalue weighted by atomic mass is 32.2. The minimum absolute atomic E-state index is 0.172. The van der Waals surface area contributed by atoms with Crippen LogP contribution in [0.15, 0.2) is 0 Å². The molecule has 1 aliphatic carbocycles. The average Bonchev–Trinajstić information content (AvgIpc) is 2.35. The molecule has 0 unspecified atom stereocenters. The van der Waals surface area contributed by atoms with Crippen LogP contribution in [-0.4, -0.2) is 45.2 Å². The molecule has 17 heavy (non-hydrogen) atoms. The molecule has 1 rings (SSSR count). The fourth-order valence-corrected chi connectivity index (χ4v) is 3.02. The van der Waals surface area contributed by atoms with Gasteiger partial charge in [-0.3, -0.25) is 0 Å². The van der Waals surface area contributed by atoms with E-state index in [9.17, 15) is 8.42 Å². The van der Waals surface area contributed by atoms with Crippen LogP contribution in [0.4, 0.5) is 0 Å². The molecule has 4 nitrogen and oxygen atoms in total. The van der Waals surface area contributed by atoms with E-state index in [1.165, 1.54) is 32.1 Å². The van der Waals surface area contributed by atoms with Crippen LogP contribution in [0.3, 0.4) is 0 Å². The van der Waals surface area contributed by atoms with Gasteiger partial charge in [-0.25, -0.2) is 13.1 Å². The number of nitrogens with one attached hydrogen (secondary N) is 1. The Bertz CT molecular complexity index is 298. The minimum atomic E-state index is -3.01. The van der Waals surface area contributed by atoms with Crippen molar-refractivity contribution in [2.45, 2.75) is 51.5 Å². The van der Waals surface area contributed by atoms with Crippen LogP contribution < -0.4 is 4.72 Å². The molecule has 0 atom stereocenters. The summed E-state index contributed by atoms with van der Waals surface area (Å²) < 4.78 is 25.1. The Morgan fingerprint density at radius 3 is 2.47 bits per heavy atom. The van der Waals surface area contributed by atoms with Gasteiger partial charge in [0.1, 0.15) is 0 Å². The van der Waals surface area contributed by atoms with Crippen molar-refractivity contribution < 1.29 is 8.42 Å². The van der Waals surface area contributed by atoms with Crippen molar-refractivity contribution in [3.63, 3.8) is 0 Å². The van der Waals surface area contributed by atoms with Gasteiger partial charge in [-0.05, 0) is 39.8 Å². The van der Waals surface area contributed by atoms with Gasteiger partial charge in [-0.1, -0.05) is 19.3 Å².